The number of rotatable bonds is 12. The average molecular weight is 867 g/mol. The summed E-state index contributed by atoms with van der Waals surface area (Å²) in [6.07, 6.45) is 0.945. The van der Waals surface area contributed by atoms with Crippen LogP contribution in [0.15, 0.2) is 76.6 Å². The van der Waals surface area contributed by atoms with Crippen molar-refractivity contribution in [2.45, 2.75) is 26.3 Å². The average Bonchev–Trinajstić information content (AvgIpc) is 3.56. The van der Waals surface area contributed by atoms with Crippen LogP contribution < -0.4 is 22.0 Å². The Hall–Kier alpha value is -5.62. The van der Waals surface area contributed by atoms with Crippen LogP contribution in [0.2, 0.25) is 5.02 Å². The normalized spacial score (nSPS) is 13.6. The Bertz CT molecular complexity index is 2300. The molecule has 2 heterocycles. The number of phenols is 2. The number of nitrogens with one attached hydrogen (secondary N) is 3. The van der Waals surface area contributed by atoms with E-state index in [9.17, 15) is 19.8 Å². The number of hydrogen-bond donors (Lipinski definition) is 6. The summed E-state index contributed by atoms with van der Waals surface area (Å²) in [5.41, 5.74) is 5.77. The third kappa shape index (κ3) is 9.68. The quantitative estimate of drug-likeness (QED) is 0.0256. The van der Waals surface area contributed by atoms with Crippen LogP contribution in [0, 0.1) is 5.82 Å². The van der Waals surface area contributed by atoms with Gasteiger partial charge in [0.2, 0.25) is 0 Å². The van der Waals surface area contributed by atoms with Crippen LogP contribution in [-0.4, -0.2) is 86.8 Å². The molecule has 0 unspecified atom stereocenters. The molecule has 0 spiro atoms. The van der Waals surface area contributed by atoms with Crippen molar-refractivity contribution in [3.05, 3.63) is 105 Å². The summed E-state index contributed by atoms with van der Waals surface area (Å²) in [6, 6.07) is 17.1. The second kappa shape index (κ2) is 18.1. The van der Waals surface area contributed by atoms with E-state index in [1.165, 1.54) is 18.5 Å². The van der Waals surface area contributed by atoms with Gasteiger partial charge in [-0.1, -0.05) is 53.5 Å². The lowest BCUT2D eigenvalue weighted by molar-refractivity contribution is 0.00504. The summed E-state index contributed by atoms with van der Waals surface area (Å²) in [4.78, 5) is 39.3. The van der Waals surface area contributed by atoms with Gasteiger partial charge in [0.05, 0.1) is 39.4 Å². The van der Waals surface area contributed by atoms with Gasteiger partial charge < -0.3 is 40.9 Å². The van der Waals surface area contributed by atoms with E-state index in [4.69, 9.17) is 27.0 Å². The number of aromatic nitrogens is 2. The van der Waals surface area contributed by atoms with Crippen LogP contribution in [0.5, 0.6) is 11.5 Å². The number of nitrogens with zero attached hydrogens (tertiary/aromatic N) is 5. The standard InChI is InChI=1S/C39H42BrClFN9O6/c1-22(2)26-17-27(33(53)19-32(26)52)37(47-43)45-25-7-4-23(5-8-25)20-50-10-12-51(13-11-50)39(55)56-14-15-57-48-38(54)28-18-31-36(44-21-49(31)3)34(42)35(28)46-30-9-6-24(40)16-29(30)41/h4-9,16-19,21-22,46,52-53H,10-15,20,43H2,1-3H3,(H,45,47)(H,48,54). The first-order valence-electron chi connectivity index (χ1n) is 17.9. The number of hydroxylamine groups is 1. The minimum Gasteiger partial charge on any atom is -0.508 e. The van der Waals surface area contributed by atoms with E-state index in [0.29, 0.717) is 65.8 Å². The molecule has 0 bridgehead atoms. The third-order valence-electron chi connectivity index (χ3n) is 9.38. The van der Waals surface area contributed by atoms with Gasteiger partial charge in [-0.3, -0.25) is 14.5 Å². The number of ether oxygens (including phenoxy) is 1. The van der Waals surface area contributed by atoms with Crippen molar-refractivity contribution in [2.24, 2.45) is 18.0 Å². The number of hydrazone groups is 1. The lowest BCUT2D eigenvalue weighted by atomic mass is 9.98. The number of piperazine rings is 1. The number of aromatic hydroxyl groups is 2. The molecule has 57 heavy (non-hydrogen) atoms. The smallest absolute Gasteiger partial charge is 0.409 e. The minimum atomic E-state index is -0.737. The van der Waals surface area contributed by atoms with E-state index in [-0.39, 0.29) is 53.2 Å². The summed E-state index contributed by atoms with van der Waals surface area (Å²) in [6.45, 7) is 6.44. The molecule has 300 valence electrons. The van der Waals surface area contributed by atoms with Crippen LogP contribution in [0.25, 0.3) is 11.0 Å². The molecule has 5 aromatic rings. The summed E-state index contributed by atoms with van der Waals surface area (Å²) in [5, 5.41) is 30.8. The monoisotopic (exact) mass is 865 g/mol. The Morgan fingerprint density at radius 1 is 1.02 bits per heavy atom. The number of hydrogen-bond acceptors (Lipinski definition) is 11. The van der Waals surface area contributed by atoms with Gasteiger partial charge in [0.15, 0.2) is 11.7 Å². The molecule has 15 nitrogen and oxygen atoms in total. The van der Waals surface area contributed by atoms with Crippen molar-refractivity contribution in [3.63, 3.8) is 0 Å². The van der Waals surface area contributed by atoms with Gasteiger partial charge in [-0.15, -0.1) is 0 Å². The van der Waals surface area contributed by atoms with Gasteiger partial charge in [0.25, 0.3) is 5.91 Å². The Labute approximate surface area is 341 Å². The number of fused-ring (bicyclic) bond motifs is 1. The van der Waals surface area contributed by atoms with Crippen LogP contribution in [0.1, 0.15) is 46.8 Å². The highest BCUT2D eigenvalue weighted by Crippen LogP contribution is 2.35. The second-order valence-corrected chi connectivity index (χ2v) is 14.9. The number of carbonyl (C=O) groups excluding carboxylic acids is 2. The van der Waals surface area contributed by atoms with Gasteiger partial charge in [0.1, 0.15) is 30.2 Å². The second-order valence-electron chi connectivity index (χ2n) is 13.6. The maximum atomic E-state index is 15.7. The van der Waals surface area contributed by atoms with Gasteiger partial charge in [-0.05, 0) is 59.5 Å². The Morgan fingerprint density at radius 3 is 2.44 bits per heavy atom. The highest BCUT2D eigenvalue weighted by atomic mass is 79.9. The minimum absolute atomic E-state index is 0.00178. The highest BCUT2D eigenvalue weighted by Gasteiger charge is 2.24. The number of aryl methyl sites for hydroxylation is 1. The van der Waals surface area contributed by atoms with Crippen molar-refractivity contribution < 1.29 is 33.8 Å². The molecule has 0 radical (unpaired) electrons. The Balaban J connectivity index is 0.949. The summed E-state index contributed by atoms with van der Waals surface area (Å²) in [5.74, 6) is 4.32. The van der Waals surface area contributed by atoms with Crippen molar-refractivity contribution in [2.75, 3.05) is 50.0 Å². The molecule has 0 saturated carbocycles. The number of amidine groups is 1. The molecule has 2 amide bonds. The summed E-state index contributed by atoms with van der Waals surface area (Å²) in [7, 11) is 1.68. The predicted octanol–water partition coefficient (Wildman–Crippen LogP) is 6.75. The van der Waals surface area contributed by atoms with E-state index >= 15 is 4.39 Å². The molecular formula is C39H42BrClFN9O6. The lowest BCUT2D eigenvalue weighted by Crippen LogP contribution is -2.48. The Morgan fingerprint density at radius 2 is 1.75 bits per heavy atom. The van der Waals surface area contributed by atoms with Crippen LogP contribution in [0.4, 0.5) is 26.2 Å². The fraction of sp³-hybridized carbons (Fsp3) is 0.282. The van der Waals surface area contributed by atoms with E-state index in [1.807, 2.05) is 38.1 Å². The van der Waals surface area contributed by atoms with Gasteiger partial charge in [-0.2, -0.15) is 5.10 Å². The van der Waals surface area contributed by atoms with E-state index in [1.54, 1.807) is 40.8 Å². The zero-order valence-electron chi connectivity index (χ0n) is 31.4. The maximum Gasteiger partial charge on any atom is 0.409 e. The van der Waals surface area contributed by atoms with Crippen LogP contribution >= 0.6 is 27.5 Å². The fourth-order valence-corrected chi connectivity index (χ4v) is 7.00. The van der Waals surface area contributed by atoms with Crippen molar-refractivity contribution in [1.82, 2.24) is 24.8 Å². The highest BCUT2D eigenvalue weighted by molar-refractivity contribution is 9.10. The molecule has 1 fully saturated rings. The molecule has 18 heteroatoms. The van der Waals surface area contributed by atoms with Crippen molar-refractivity contribution >= 4 is 73.5 Å². The number of halogens is 3. The fourth-order valence-electron chi connectivity index (χ4n) is 6.28. The number of benzene rings is 4. The zero-order chi connectivity index (χ0) is 40.8. The zero-order valence-corrected chi connectivity index (χ0v) is 33.7. The lowest BCUT2D eigenvalue weighted by Gasteiger charge is -2.34. The molecule has 1 saturated heterocycles. The molecule has 1 aliphatic heterocycles. The third-order valence-corrected chi connectivity index (χ3v) is 10.2. The number of nitrogens with two attached hydrogens (primary N) is 1. The van der Waals surface area contributed by atoms with E-state index in [0.717, 1.165) is 10.0 Å². The molecule has 7 N–H and O–H groups in total. The van der Waals surface area contributed by atoms with Gasteiger partial charge in [-0.25, -0.2) is 19.6 Å². The molecule has 0 atom stereocenters. The van der Waals surface area contributed by atoms with Crippen molar-refractivity contribution in [3.8, 4) is 11.5 Å². The number of anilines is 3. The summed E-state index contributed by atoms with van der Waals surface area (Å²) < 4.78 is 23.4. The number of amides is 2. The maximum absolute atomic E-state index is 15.7. The Kier molecular flexibility index (Phi) is 13.0. The van der Waals surface area contributed by atoms with E-state index in [2.05, 4.69) is 47.0 Å². The van der Waals surface area contributed by atoms with Gasteiger partial charge >= 0.3 is 6.09 Å². The largest absolute Gasteiger partial charge is 0.508 e. The molecule has 6 rings (SSSR count). The summed E-state index contributed by atoms with van der Waals surface area (Å²) >= 11 is 9.70. The number of imidazole rings is 1. The van der Waals surface area contributed by atoms with Crippen LogP contribution in [0.3, 0.4) is 0 Å². The molecule has 4 aromatic carbocycles. The number of phenolic OH excluding ortho intramolecular Hbond substituents is 2. The first kappa shape index (κ1) is 41.0. The van der Waals surface area contributed by atoms with Crippen LogP contribution in [-0.2, 0) is 23.2 Å². The SMILES string of the molecule is CC(C)c1cc(/C(=N/N)Nc2ccc(CN3CCN(C(=O)OCCONC(=O)c4cc5c(ncn5C)c(F)c4Nc4ccc(Br)cc4Cl)CC3)cc2)c(O)cc1O. The first-order valence-corrected chi connectivity index (χ1v) is 19.1. The first-order chi connectivity index (χ1) is 27.3. The van der Waals surface area contributed by atoms with E-state index < -0.39 is 17.8 Å². The van der Waals surface area contributed by atoms with Crippen molar-refractivity contribution in [1.29, 1.82) is 0 Å². The molecule has 1 aromatic heterocycles. The molecule has 1 aliphatic rings. The topological polar surface area (TPSA) is 192 Å². The molecule has 0 aliphatic carbocycles. The number of carbonyl (C=O) groups is 2. The molecular weight excluding hydrogens is 825 g/mol. The predicted molar refractivity (Wildman–Crippen MR) is 219 cm³/mol. The van der Waals surface area contributed by atoms with Gasteiger partial charge in [0, 0.05) is 56.0 Å².